The summed E-state index contributed by atoms with van der Waals surface area (Å²) >= 11 is 5.75. The Morgan fingerprint density at radius 2 is 2.06 bits per heavy atom. The van der Waals surface area contributed by atoms with E-state index >= 15 is 0 Å². The van der Waals surface area contributed by atoms with Gasteiger partial charge in [0.1, 0.15) is 5.75 Å². The van der Waals surface area contributed by atoms with Crippen molar-refractivity contribution in [2.75, 3.05) is 26.3 Å². The van der Waals surface area contributed by atoms with E-state index in [4.69, 9.17) is 16.3 Å². The molecule has 1 aromatic carbocycles. The number of phenolic OH excluding ortho intramolecular Hbond substituents is 1. The van der Waals surface area contributed by atoms with Gasteiger partial charge in [-0.3, -0.25) is 4.79 Å². The highest BCUT2D eigenvalue weighted by Gasteiger charge is 2.18. The number of aromatic hydroxyl groups is 1. The number of morpholine rings is 1. The summed E-state index contributed by atoms with van der Waals surface area (Å²) in [6.45, 7) is 2.32. The molecule has 0 atom stereocenters. The van der Waals surface area contributed by atoms with Crippen molar-refractivity contribution in [3.05, 3.63) is 28.8 Å². The van der Waals surface area contributed by atoms with Crippen molar-refractivity contribution in [2.45, 2.75) is 0 Å². The molecule has 16 heavy (non-hydrogen) atoms. The number of amides is 1. The van der Waals surface area contributed by atoms with E-state index in [9.17, 15) is 9.90 Å². The van der Waals surface area contributed by atoms with Crippen LogP contribution in [0.1, 0.15) is 10.4 Å². The Morgan fingerprint density at radius 1 is 1.38 bits per heavy atom. The smallest absolute Gasteiger partial charge is 0.254 e. The lowest BCUT2D eigenvalue weighted by molar-refractivity contribution is 0.0303. The molecule has 1 aromatic rings. The number of carbonyl (C=O) groups is 1. The number of hydrogen-bond donors (Lipinski definition) is 1. The first-order valence-corrected chi connectivity index (χ1v) is 5.42. The number of carbonyl (C=O) groups excluding carboxylic acids is 1. The fourth-order valence-corrected chi connectivity index (χ4v) is 1.77. The van der Waals surface area contributed by atoms with Gasteiger partial charge in [0.05, 0.1) is 18.2 Å². The summed E-state index contributed by atoms with van der Waals surface area (Å²) in [5.41, 5.74) is 0.490. The summed E-state index contributed by atoms with van der Waals surface area (Å²) in [5, 5.41) is 9.45. The predicted molar refractivity (Wildman–Crippen MR) is 59.8 cm³/mol. The Bertz CT molecular complexity index is 402. The average molecular weight is 242 g/mol. The molecule has 0 bridgehead atoms. The highest BCUT2D eigenvalue weighted by Crippen LogP contribution is 2.24. The fourth-order valence-electron chi connectivity index (χ4n) is 1.59. The molecule has 1 N–H and O–H groups in total. The quantitative estimate of drug-likeness (QED) is 0.811. The molecular weight excluding hydrogens is 230 g/mol. The largest absolute Gasteiger partial charge is 0.506 e. The van der Waals surface area contributed by atoms with Gasteiger partial charge < -0.3 is 14.7 Å². The van der Waals surface area contributed by atoms with E-state index in [0.717, 1.165) is 0 Å². The third kappa shape index (κ3) is 2.28. The van der Waals surface area contributed by atoms with E-state index in [0.29, 0.717) is 31.9 Å². The molecule has 1 fully saturated rings. The van der Waals surface area contributed by atoms with Crippen LogP contribution in [0.5, 0.6) is 5.75 Å². The van der Waals surface area contributed by atoms with Crippen molar-refractivity contribution in [1.29, 1.82) is 0 Å². The van der Waals surface area contributed by atoms with Crippen molar-refractivity contribution in [1.82, 2.24) is 4.90 Å². The van der Waals surface area contributed by atoms with Crippen LogP contribution in [-0.2, 0) is 4.74 Å². The molecule has 0 spiro atoms. The number of hydrogen-bond acceptors (Lipinski definition) is 3. The van der Waals surface area contributed by atoms with Gasteiger partial charge in [0.2, 0.25) is 0 Å². The van der Waals surface area contributed by atoms with Crippen LogP contribution in [0.2, 0.25) is 5.02 Å². The Kier molecular flexibility index (Phi) is 3.31. The summed E-state index contributed by atoms with van der Waals surface area (Å²) in [5.74, 6) is -0.0922. The van der Waals surface area contributed by atoms with Crippen LogP contribution in [0.3, 0.4) is 0 Å². The zero-order chi connectivity index (χ0) is 11.5. The minimum atomic E-state index is -0.0785. The van der Waals surface area contributed by atoms with E-state index in [1.807, 2.05) is 0 Å². The number of benzene rings is 1. The van der Waals surface area contributed by atoms with E-state index in [1.54, 1.807) is 11.0 Å². The van der Waals surface area contributed by atoms with Gasteiger partial charge in [-0.15, -0.1) is 0 Å². The second-order valence-corrected chi connectivity index (χ2v) is 3.98. The monoisotopic (exact) mass is 241 g/mol. The van der Waals surface area contributed by atoms with Crippen LogP contribution in [0.25, 0.3) is 0 Å². The zero-order valence-corrected chi connectivity index (χ0v) is 9.41. The minimum Gasteiger partial charge on any atom is -0.506 e. The first kappa shape index (κ1) is 11.2. The van der Waals surface area contributed by atoms with E-state index in [2.05, 4.69) is 0 Å². The zero-order valence-electron chi connectivity index (χ0n) is 8.65. The molecule has 0 saturated carbocycles. The highest BCUT2D eigenvalue weighted by molar-refractivity contribution is 6.32. The number of phenols is 1. The normalized spacial score (nSPS) is 16.2. The van der Waals surface area contributed by atoms with Crippen molar-refractivity contribution < 1.29 is 14.6 Å². The number of ether oxygens (including phenoxy) is 1. The molecule has 1 saturated heterocycles. The number of nitrogens with zero attached hydrogens (tertiary/aromatic N) is 1. The summed E-state index contributed by atoms with van der Waals surface area (Å²) in [7, 11) is 0. The van der Waals surface area contributed by atoms with Crippen LogP contribution in [0, 0.1) is 0 Å². The van der Waals surface area contributed by atoms with Crippen molar-refractivity contribution >= 4 is 17.5 Å². The Hall–Kier alpha value is -1.26. The second-order valence-electron chi connectivity index (χ2n) is 3.57. The molecular formula is C11H12ClNO3. The molecule has 0 aromatic heterocycles. The first-order valence-electron chi connectivity index (χ1n) is 5.04. The topological polar surface area (TPSA) is 49.8 Å². The van der Waals surface area contributed by atoms with Gasteiger partial charge in [-0.2, -0.15) is 0 Å². The summed E-state index contributed by atoms with van der Waals surface area (Å²) in [4.78, 5) is 13.7. The van der Waals surface area contributed by atoms with E-state index < -0.39 is 0 Å². The fraction of sp³-hybridized carbons (Fsp3) is 0.364. The lowest BCUT2D eigenvalue weighted by Crippen LogP contribution is -2.40. The maximum absolute atomic E-state index is 12.0. The minimum absolute atomic E-state index is 0.0137. The van der Waals surface area contributed by atoms with Gasteiger partial charge in [-0.1, -0.05) is 11.6 Å². The summed E-state index contributed by atoms with van der Waals surface area (Å²) in [6.07, 6.45) is 0. The summed E-state index contributed by atoms with van der Waals surface area (Å²) in [6, 6.07) is 4.48. The van der Waals surface area contributed by atoms with Gasteiger partial charge in [-0.25, -0.2) is 0 Å². The van der Waals surface area contributed by atoms with Gasteiger partial charge >= 0.3 is 0 Å². The first-order chi connectivity index (χ1) is 7.68. The molecule has 1 aliphatic rings. The maximum Gasteiger partial charge on any atom is 0.254 e. The maximum atomic E-state index is 12.0. The molecule has 0 aliphatic carbocycles. The molecule has 5 heteroatoms. The van der Waals surface area contributed by atoms with Gasteiger partial charge in [0, 0.05) is 18.7 Å². The molecule has 86 valence electrons. The Morgan fingerprint density at radius 3 is 2.69 bits per heavy atom. The lowest BCUT2D eigenvalue weighted by Gasteiger charge is -2.26. The Balaban J connectivity index is 2.16. The number of halogens is 1. The predicted octanol–water partition coefficient (Wildman–Crippen LogP) is 1.52. The van der Waals surface area contributed by atoms with E-state index in [-0.39, 0.29) is 16.7 Å². The number of rotatable bonds is 1. The molecule has 0 unspecified atom stereocenters. The van der Waals surface area contributed by atoms with Crippen molar-refractivity contribution in [3.8, 4) is 5.75 Å². The van der Waals surface area contributed by atoms with Crippen LogP contribution in [-0.4, -0.2) is 42.2 Å². The molecule has 1 aliphatic heterocycles. The third-order valence-electron chi connectivity index (χ3n) is 2.49. The molecule has 1 amide bonds. The van der Waals surface area contributed by atoms with Gasteiger partial charge in [-0.05, 0) is 18.2 Å². The van der Waals surface area contributed by atoms with Gasteiger partial charge in [0.15, 0.2) is 0 Å². The molecule has 4 nitrogen and oxygen atoms in total. The average Bonchev–Trinajstić information content (AvgIpc) is 2.33. The van der Waals surface area contributed by atoms with Crippen LogP contribution in [0.4, 0.5) is 0 Å². The third-order valence-corrected chi connectivity index (χ3v) is 2.80. The molecule has 2 rings (SSSR count). The molecule has 0 radical (unpaired) electrons. The van der Waals surface area contributed by atoms with Crippen LogP contribution < -0.4 is 0 Å². The highest BCUT2D eigenvalue weighted by atomic mass is 35.5. The second kappa shape index (κ2) is 4.72. The molecule has 1 heterocycles. The SMILES string of the molecule is O=C(c1ccc(O)c(Cl)c1)N1CCOCC1. The van der Waals surface area contributed by atoms with Crippen LogP contribution >= 0.6 is 11.6 Å². The van der Waals surface area contributed by atoms with Crippen LogP contribution in [0.15, 0.2) is 18.2 Å². The summed E-state index contributed by atoms with van der Waals surface area (Å²) < 4.78 is 5.17. The van der Waals surface area contributed by atoms with Crippen molar-refractivity contribution in [3.63, 3.8) is 0 Å². The Labute approximate surface area is 98.4 Å². The standard InChI is InChI=1S/C11H12ClNO3/c12-9-7-8(1-2-10(9)14)11(15)13-3-5-16-6-4-13/h1-2,7,14H,3-6H2. The van der Waals surface area contributed by atoms with E-state index in [1.165, 1.54) is 12.1 Å². The van der Waals surface area contributed by atoms with Gasteiger partial charge in [0.25, 0.3) is 5.91 Å². The van der Waals surface area contributed by atoms with Crippen molar-refractivity contribution in [2.24, 2.45) is 0 Å². The lowest BCUT2D eigenvalue weighted by atomic mass is 10.2.